The van der Waals surface area contributed by atoms with Crippen molar-refractivity contribution >= 4 is 52.2 Å². The average Bonchev–Trinajstić information content (AvgIpc) is 3.19. The van der Waals surface area contributed by atoms with Crippen molar-refractivity contribution in [2.45, 2.75) is 5.37 Å². The number of benzene rings is 1. The molecule has 1 aromatic carbocycles. The van der Waals surface area contributed by atoms with Crippen LogP contribution in [0.3, 0.4) is 0 Å². The number of ether oxygens (including phenoxy) is 2. The highest BCUT2D eigenvalue weighted by atomic mass is 35.5. The minimum atomic E-state index is -0.155. The molecule has 1 aliphatic heterocycles. The molecule has 1 aliphatic rings. The summed E-state index contributed by atoms with van der Waals surface area (Å²) >= 11 is 15.0. The normalized spacial score (nSPS) is 17.2. The van der Waals surface area contributed by atoms with Gasteiger partial charge in [-0.1, -0.05) is 23.2 Å². The van der Waals surface area contributed by atoms with Crippen LogP contribution in [0.25, 0.3) is 0 Å². The third-order valence-electron chi connectivity index (χ3n) is 3.74. The fraction of sp³-hybridized carbons (Fsp3) is 0.312. The Balaban J connectivity index is 1.96. The number of amides is 1. The molecule has 0 radical (unpaired) electrons. The summed E-state index contributed by atoms with van der Waals surface area (Å²) in [6.07, 6.45) is 0. The van der Waals surface area contributed by atoms with Crippen molar-refractivity contribution in [1.29, 1.82) is 0 Å². The van der Waals surface area contributed by atoms with Crippen LogP contribution in [-0.4, -0.2) is 37.3 Å². The van der Waals surface area contributed by atoms with E-state index in [1.807, 2.05) is 18.2 Å². The van der Waals surface area contributed by atoms with E-state index in [2.05, 4.69) is 0 Å². The third kappa shape index (κ3) is 3.33. The molecule has 0 spiro atoms. The van der Waals surface area contributed by atoms with Gasteiger partial charge in [-0.2, -0.15) is 0 Å². The number of hydrogen-bond acceptors (Lipinski definition) is 5. The zero-order valence-corrected chi connectivity index (χ0v) is 16.2. The second kappa shape index (κ2) is 7.44. The van der Waals surface area contributed by atoms with Crippen LogP contribution in [0, 0.1) is 0 Å². The monoisotopic (exact) mass is 403 g/mol. The lowest BCUT2D eigenvalue weighted by Crippen LogP contribution is -2.30. The number of carbonyl (C=O) groups excluding carboxylic acids is 1. The van der Waals surface area contributed by atoms with Crippen LogP contribution >= 0.6 is 46.3 Å². The molecule has 0 saturated carbocycles. The Hall–Kier alpha value is -1.08. The Labute approximate surface area is 158 Å². The number of carbonyl (C=O) groups is 1. The van der Waals surface area contributed by atoms with E-state index in [9.17, 15) is 4.79 Å². The van der Waals surface area contributed by atoms with Gasteiger partial charge < -0.3 is 14.4 Å². The maximum Gasteiger partial charge on any atom is 0.257 e. The first kappa shape index (κ1) is 17.7. The van der Waals surface area contributed by atoms with E-state index < -0.39 is 0 Å². The highest BCUT2D eigenvalue weighted by molar-refractivity contribution is 7.99. The second-order valence-corrected chi connectivity index (χ2v) is 8.54. The van der Waals surface area contributed by atoms with Crippen LogP contribution in [0.15, 0.2) is 24.3 Å². The predicted molar refractivity (Wildman–Crippen MR) is 100 cm³/mol. The van der Waals surface area contributed by atoms with Crippen molar-refractivity contribution in [3.8, 4) is 11.5 Å². The van der Waals surface area contributed by atoms with Crippen molar-refractivity contribution in [3.05, 3.63) is 44.1 Å². The highest BCUT2D eigenvalue weighted by Crippen LogP contribution is 2.44. The minimum Gasteiger partial charge on any atom is -0.497 e. The lowest BCUT2D eigenvalue weighted by Gasteiger charge is -2.25. The van der Waals surface area contributed by atoms with Crippen molar-refractivity contribution in [2.24, 2.45) is 0 Å². The summed E-state index contributed by atoms with van der Waals surface area (Å²) in [5.74, 6) is 2.17. The number of hydrogen-bond donors (Lipinski definition) is 0. The molecule has 0 aliphatic carbocycles. The summed E-state index contributed by atoms with van der Waals surface area (Å²) in [7, 11) is 3.23. The van der Waals surface area contributed by atoms with Crippen LogP contribution in [0.2, 0.25) is 8.67 Å². The lowest BCUT2D eigenvalue weighted by molar-refractivity contribution is 0.0760. The van der Waals surface area contributed by atoms with E-state index in [0.29, 0.717) is 20.8 Å². The Morgan fingerprint density at radius 3 is 2.67 bits per heavy atom. The molecule has 3 rings (SSSR count). The molecule has 2 heterocycles. The number of halogens is 2. The van der Waals surface area contributed by atoms with Crippen LogP contribution in [0.1, 0.15) is 21.3 Å². The fourth-order valence-corrected chi connectivity index (χ4v) is 5.33. The number of methoxy groups -OCH3 is 2. The van der Waals surface area contributed by atoms with Gasteiger partial charge in [0, 0.05) is 17.9 Å². The van der Waals surface area contributed by atoms with Gasteiger partial charge in [0.2, 0.25) is 0 Å². The summed E-state index contributed by atoms with van der Waals surface area (Å²) in [4.78, 5) is 14.7. The third-order valence-corrected chi connectivity index (χ3v) is 6.47. The van der Waals surface area contributed by atoms with Crippen LogP contribution < -0.4 is 9.47 Å². The van der Waals surface area contributed by atoms with Crippen molar-refractivity contribution in [1.82, 2.24) is 4.90 Å². The Bertz CT molecular complexity index is 766. The van der Waals surface area contributed by atoms with Gasteiger partial charge in [0.25, 0.3) is 5.91 Å². The summed E-state index contributed by atoms with van der Waals surface area (Å²) in [5, 5.41) is -0.155. The van der Waals surface area contributed by atoms with Crippen molar-refractivity contribution in [2.75, 3.05) is 26.5 Å². The van der Waals surface area contributed by atoms with Gasteiger partial charge in [-0.15, -0.1) is 23.1 Å². The van der Waals surface area contributed by atoms with Gasteiger partial charge in [-0.3, -0.25) is 4.79 Å². The maximum absolute atomic E-state index is 12.9. The molecule has 4 nitrogen and oxygen atoms in total. The highest BCUT2D eigenvalue weighted by Gasteiger charge is 2.34. The number of nitrogens with zero attached hydrogens (tertiary/aromatic N) is 1. The maximum atomic E-state index is 12.9. The number of rotatable bonds is 4. The quantitative estimate of drug-likeness (QED) is 0.722. The molecule has 2 aromatic rings. The molecule has 24 heavy (non-hydrogen) atoms. The molecule has 1 unspecified atom stereocenters. The van der Waals surface area contributed by atoms with Gasteiger partial charge in [-0.25, -0.2) is 0 Å². The zero-order chi connectivity index (χ0) is 17.3. The van der Waals surface area contributed by atoms with Crippen molar-refractivity contribution < 1.29 is 14.3 Å². The van der Waals surface area contributed by atoms with E-state index in [1.165, 1.54) is 11.3 Å². The van der Waals surface area contributed by atoms with Gasteiger partial charge >= 0.3 is 0 Å². The van der Waals surface area contributed by atoms with E-state index >= 15 is 0 Å². The minimum absolute atomic E-state index is 0.122. The molecule has 1 amide bonds. The second-order valence-electron chi connectivity index (χ2n) is 5.07. The van der Waals surface area contributed by atoms with Gasteiger partial charge in [-0.05, 0) is 24.3 Å². The first-order chi connectivity index (χ1) is 11.5. The standard InChI is InChI=1S/C16H15Cl2NO3S2/c1-21-9-3-4-12(22-2)10(7-9)16-19(5-6-23-16)15(20)11-8-13(17)24-14(11)18/h3-4,7-8,16H,5-6H2,1-2H3. The fourth-order valence-electron chi connectivity index (χ4n) is 2.61. The summed E-state index contributed by atoms with van der Waals surface area (Å²) in [5.41, 5.74) is 1.35. The van der Waals surface area contributed by atoms with Crippen molar-refractivity contribution in [3.63, 3.8) is 0 Å². The Kier molecular flexibility index (Phi) is 5.49. The van der Waals surface area contributed by atoms with Crippen LogP contribution in [0.4, 0.5) is 0 Å². The molecular formula is C16H15Cl2NO3S2. The van der Waals surface area contributed by atoms with Gasteiger partial charge in [0.05, 0.1) is 24.1 Å². The zero-order valence-electron chi connectivity index (χ0n) is 13.0. The largest absolute Gasteiger partial charge is 0.497 e. The number of thioether (sulfide) groups is 1. The average molecular weight is 404 g/mol. The van der Waals surface area contributed by atoms with Crippen LogP contribution in [-0.2, 0) is 0 Å². The molecule has 1 saturated heterocycles. The summed E-state index contributed by atoms with van der Waals surface area (Å²) in [6, 6.07) is 7.22. The topological polar surface area (TPSA) is 38.8 Å². The first-order valence-corrected chi connectivity index (χ1v) is 9.76. The smallest absolute Gasteiger partial charge is 0.257 e. The van der Waals surface area contributed by atoms with Gasteiger partial charge in [0.15, 0.2) is 0 Å². The van der Waals surface area contributed by atoms with Crippen LogP contribution in [0.5, 0.6) is 11.5 Å². The summed E-state index contributed by atoms with van der Waals surface area (Å²) in [6.45, 7) is 0.637. The predicted octanol–water partition coefficient (Wildman–Crippen LogP) is 4.96. The van der Waals surface area contributed by atoms with Gasteiger partial charge in [0.1, 0.15) is 21.2 Å². The van der Waals surface area contributed by atoms with E-state index in [1.54, 1.807) is 36.9 Å². The van der Waals surface area contributed by atoms with E-state index in [-0.39, 0.29) is 11.3 Å². The molecule has 0 N–H and O–H groups in total. The summed E-state index contributed by atoms with van der Waals surface area (Å²) < 4.78 is 11.7. The molecular weight excluding hydrogens is 389 g/mol. The van der Waals surface area contributed by atoms with E-state index in [4.69, 9.17) is 32.7 Å². The molecule has 1 aromatic heterocycles. The SMILES string of the molecule is COc1ccc(OC)c(C2SCCN2C(=O)c2cc(Cl)sc2Cl)c1. The molecule has 0 bridgehead atoms. The van der Waals surface area contributed by atoms with E-state index in [0.717, 1.165) is 22.8 Å². The molecule has 1 atom stereocenters. The first-order valence-electron chi connectivity index (χ1n) is 7.14. The molecule has 8 heteroatoms. The lowest BCUT2D eigenvalue weighted by atomic mass is 10.1. The molecule has 128 valence electrons. The Morgan fingerprint density at radius 1 is 1.25 bits per heavy atom. The Morgan fingerprint density at radius 2 is 2.04 bits per heavy atom. The molecule has 1 fully saturated rings. The number of thiophene rings is 1.